The van der Waals surface area contributed by atoms with Gasteiger partial charge in [0.25, 0.3) is 0 Å². The molecule has 74 valence electrons. The standard InChI is InChI=1S/C8H9N3O2S/c1-6-7-3-4-11(14(2,12)13)8(7)10-5-9-6/h3-5H,1-2H3. The van der Waals surface area contributed by atoms with E-state index in [1.807, 2.05) is 6.92 Å². The highest BCUT2D eigenvalue weighted by Gasteiger charge is 2.11. The normalized spacial score (nSPS) is 12.1. The predicted molar refractivity (Wildman–Crippen MR) is 52.5 cm³/mol. The van der Waals surface area contributed by atoms with Crippen LogP contribution in [-0.2, 0) is 10.0 Å². The van der Waals surface area contributed by atoms with Gasteiger partial charge in [-0.15, -0.1) is 0 Å². The van der Waals surface area contributed by atoms with Crippen molar-refractivity contribution in [3.05, 3.63) is 24.3 Å². The molecule has 0 fully saturated rings. The Bertz CT molecular complexity index is 586. The van der Waals surface area contributed by atoms with Crippen molar-refractivity contribution in [3.8, 4) is 0 Å². The van der Waals surface area contributed by atoms with Gasteiger partial charge in [0.05, 0.1) is 11.9 Å². The van der Waals surface area contributed by atoms with Crippen molar-refractivity contribution in [1.29, 1.82) is 0 Å². The molecule has 0 amide bonds. The number of hydrogen-bond donors (Lipinski definition) is 0. The molecule has 2 aromatic heterocycles. The maximum Gasteiger partial charge on any atom is 0.237 e. The SMILES string of the molecule is Cc1ncnc2c1ccn2S(C)(=O)=O. The minimum Gasteiger partial charge on any atom is -0.241 e. The predicted octanol–water partition coefficient (Wildman–Crippen LogP) is 0.547. The van der Waals surface area contributed by atoms with Crippen LogP contribution in [0.15, 0.2) is 18.6 Å². The van der Waals surface area contributed by atoms with Crippen LogP contribution in [0.5, 0.6) is 0 Å². The lowest BCUT2D eigenvalue weighted by atomic mass is 10.3. The van der Waals surface area contributed by atoms with E-state index in [0.29, 0.717) is 5.65 Å². The summed E-state index contributed by atoms with van der Waals surface area (Å²) >= 11 is 0. The number of rotatable bonds is 1. The Kier molecular flexibility index (Phi) is 1.81. The highest BCUT2D eigenvalue weighted by atomic mass is 32.2. The van der Waals surface area contributed by atoms with Gasteiger partial charge in [0.1, 0.15) is 6.33 Å². The summed E-state index contributed by atoms with van der Waals surface area (Å²) in [6.45, 7) is 1.82. The molecule has 2 heterocycles. The van der Waals surface area contributed by atoms with E-state index < -0.39 is 10.0 Å². The molecule has 0 aliphatic carbocycles. The topological polar surface area (TPSA) is 64.8 Å². The van der Waals surface area contributed by atoms with Crippen LogP contribution in [-0.4, -0.2) is 28.6 Å². The Balaban J connectivity index is 2.90. The fourth-order valence-corrected chi connectivity index (χ4v) is 2.06. The van der Waals surface area contributed by atoms with E-state index in [2.05, 4.69) is 9.97 Å². The van der Waals surface area contributed by atoms with Crippen molar-refractivity contribution >= 4 is 21.1 Å². The first-order valence-corrected chi connectivity index (χ1v) is 5.84. The highest BCUT2D eigenvalue weighted by molar-refractivity contribution is 7.89. The third-order valence-corrected chi connectivity index (χ3v) is 3.01. The van der Waals surface area contributed by atoms with E-state index in [-0.39, 0.29) is 0 Å². The average Bonchev–Trinajstić information content (AvgIpc) is 2.47. The monoisotopic (exact) mass is 211 g/mol. The zero-order valence-electron chi connectivity index (χ0n) is 7.80. The van der Waals surface area contributed by atoms with Gasteiger partial charge < -0.3 is 0 Å². The molecule has 0 bridgehead atoms. The van der Waals surface area contributed by atoms with Gasteiger partial charge in [0, 0.05) is 11.6 Å². The van der Waals surface area contributed by atoms with Crippen LogP contribution in [0.3, 0.4) is 0 Å². The number of fused-ring (bicyclic) bond motifs is 1. The molecule has 14 heavy (non-hydrogen) atoms. The third kappa shape index (κ3) is 1.27. The molecule has 0 radical (unpaired) electrons. The molecule has 0 saturated carbocycles. The molecule has 2 aromatic rings. The van der Waals surface area contributed by atoms with Gasteiger partial charge in [-0.1, -0.05) is 0 Å². The summed E-state index contributed by atoms with van der Waals surface area (Å²) in [7, 11) is -3.28. The first-order chi connectivity index (χ1) is 6.50. The van der Waals surface area contributed by atoms with Crippen molar-refractivity contribution in [2.75, 3.05) is 6.26 Å². The zero-order chi connectivity index (χ0) is 10.3. The van der Waals surface area contributed by atoms with Gasteiger partial charge in [-0.25, -0.2) is 22.4 Å². The molecule has 0 spiro atoms. The van der Waals surface area contributed by atoms with E-state index in [4.69, 9.17) is 0 Å². The number of aromatic nitrogens is 3. The summed E-state index contributed by atoms with van der Waals surface area (Å²) in [6.07, 6.45) is 3.99. The van der Waals surface area contributed by atoms with Gasteiger partial charge in [0.15, 0.2) is 5.65 Å². The summed E-state index contributed by atoms with van der Waals surface area (Å²) < 4.78 is 23.8. The summed E-state index contributed by atoms with van der Waals surface area (Å²) in [5.74, 6) is 0. The van der Waals surface area contributed by atoms with Crippen LogP contribution < -0.4 is 0 Å². The Morgan fingerprint density at radius 1 is 1.36 bits per heavy atom. The maximum absolute atomic E-state index is 11.3. The molecule has 0 atom stereocenters. The van der Waals surface area contributed by atoms with Crippen LogP contribution in [0, 0.1) is 6.92 Å². The summed E-state index contributed by atoms with van der Waals surface area (Å²) in [6, 6.07) is 1.70. The lowest BCUT2D eigenvalue weighted by Crippen LogP contribution is -2.09. The van der Waals surface area contributed by atoms with E-state index in [0.717, 1.165) is 21.3 Å². The van der Waals surface area contributed by atoms with E-state index in [9.17, 15) is 8.42 Å². The van der Waals surface area contributed by atoms with Gasteiger partial charge in [0.2, 0.25) is 10.0 Å². The van der Waals surface area contributed by atoms with Crippen LogP contribution in [0.25, 0.3) is 11.0 Å². The molecular formula is C8H9N3O2S. The van der Waals surface area contributed by atoms with Gasteiger partial charge >= 0.3 is 0 Å². The average molecular weight is 211 g/mol. The van der Waals surface area contributed by atoms with Gasteiger partial charge in [-0.05, 0) is 13.0 Å². The molecule has 5 nitrogen and oxygen atoms in total. The quantitative estimate of drug-likeness (QED) is 0.690. The lowest BCUT2D eigenvalue weighted by molar-refractivity contribution is 0.595. The van der Waals surface area contributed by atoms with Crippen LogP contribution in [0.2, 0.25) is 0 Å². The molecule has 0 aliphatic rings. The highest BCUT2D eigenvalue weighted by Crippen LogP contribution is 2.16. The van der Waals surface area contributed by atoms with Crippen molar-refractivity contribution in [2.45, 2.75) is 6.92 Å². The first kappa shape index (κ1) is 9.14. The molecule has 2 rings (SSSR count). The molecule has 6 heteroatoms. The van der Waals surface area contributed by atoms with Crippen molar-refractivity contribution in [2.24, 2.45) is 0 Å². The molecular weight excluding hydrogens is 202 g/mol. The van der Waals surface area contributed by atoms with Crippen molar-refractivity contribution in [3.63, 3.8) is 0 Å². The molecule has 0 aliphatic heterocycles. The van der Waals surface area contributed by atoms with Gasteiger partial charge in [-0.3, -0.25) is 0 Å². The molecule has 0 unspecified atom stereocenters. The number of nitrogens with zero attached hydrogens (tertiary/aromatic N) is 3. The summed E-state index contributed by atoms with van der Waals surface area (Å²) in [5, 5.41) is 0.762. The lowest BCUT2D eigenvalue weighted by Gasteiger charge is -2.00. The molecule has 0 aromatic carbocycles. The third-order valence-electron chi connectivity index (χ3n) is 2.00. The molecule has 0 N–H and O–H groups in total. The number of hydrogen-bond acceptors (Lipinski definition) is 4. The van der Waals surface area contributed by atoms with Crippen LogP contribution in [0.4, 0.5) is 0 Å². The number of aryl methyl sites for hydroxylation is 1. The second-order valence-electron chi connectivity index (χ2n) is 3.07. The fourth-order valence-electron chi connectivity index (χ4n) is 1.32. The van der Waals surface area contributed by atoms with E-state index in [1.54, 1.807) is 6.07 Å². The Labute approximate surface area is 81.5 Å². The van der Waals surface area contributed by atoms with Crippen molar-refractivity contribution < 1.29 is 8.42 Å². The Morgan fingerprint density at radius 3 is 2.71 bits per heavy atom. The smallest absolute Gasteiger partial charge is 0.237 e. The zero-order valence-corrected chi connectivity index (χ0v) is 8.61. The minimum absolute atomic E-state index is 0.431. The van der Waals surface area contributed by atoms with E-state index >= 15 is 0 Å². The Morgan fingerprint density at radius 2 is 2.07 bits per heavy atom. The fraction of sp³-hybridized carbons (Fsp3) is 0.250. The van der Waals surface area contributed by atoms with Crippen LogP contribution in [0.1, 0.15) is 5.69 Å². The van der Waals surface area contributed by atoms with Crippen molar-refractivity contribution in [1.82, 2.24) is 13.9 Å². The second kappa shape index (κ2) is 2.78. The first-order valence-electron chi connectivity index (χ1n) is 3.99. The molecule has 0 saturated heterocycles. The largest absolute Gasteiger partial charge is 0.241 e. The van der Waals surface area contributed by atoms with Crippen LogP contribution >= 0.6 is 0 Å². The maximum atomic E-state index is 11.3. The minimum atomic E-state index is -3.28. The second-order valence-corrected chi connectivity index (χ2v) is 4.93. The summed E-state index contributed by atoms with van der Waals surface area (Å²) in [5.41, 5.74) is 1.21. The van der Waals surface area contributed by atoms with E-state index in [1.165, 1.54) is 12.5 Å². The van der Waals surface area contributed by atoms with Gasteiger partial charge in [-0.2, -0.15) is 0 Å². The Hall–Kier alpha value is -1.43. The summed E-state index contributed by atoms with van der Waals surface area (Å²) in [4.78, 5) is 7.92.